The molecule has 102 valence electrons. The number of hydrogen-bond donors (Lipinski definition) is 3. The predicted molar refractivity (Wildman–Crippen MR) is 66.6 cm³/mol. The third-order valence-electron chi connectivity index (χ3n) is 1.95. The van der Waals surface area contributed by atoms with Crippen molar-refractivity contribution >= 4 is 27.5 Å². The number of methoxy groups -OCH3 is 1. The van der Waals surface area contributed by atoms with Crippen LogP contribution < -0.4 is 9.44 Å². The quantitative estimate of drug-likeness (QED) is 0.583. The smallest absolute Gasteiger partial charge is 0.327 e. The fourth-order valence-electron chi connectivity index (χ4n) is 1.16. The van der Waals surface area contributed by atoms with Crippen LogP contribution in [0.5, 0.6) is 0 Å². The number of carbonyl (C=O) groups is 1. The van der Waals surface area contributed by atoms with E-state index in [2.05, 4.69) is 9.44 Å². The number of rotatable bonds is 8. The van der Waals surface area contributed by atoms with Gasteiger partial charge in [-0.05, 0) is 11.4 Å². The number of carboxylic acid groups (broad SMARTS) is 1. The van der Waals surface area contributed by atoms with Crippen molar-refractivity contribution in [3.05, 3.63) is 22.4 Å². The van der Waals surface area contributed by atoms with E-state index in [1.807, 2.05) is 0 Å². The van der Waals surface area contributed by atoms with Crippen LogP contribution in [0.4, 0.5) is 0 Å². The molecule has 1 atom stereocenters. The molecule has 18 heavy (non-hydrogen) atoms. The first kappa shape index (κ1) is 15.1. The minimum absolute atomic E-state index is 0.0720. The normalized spacial score (nSPS) is 13.4. The number of hydrogen-bond acceptors (Lipinski definition) is 5. The van der Waals surface area contributed by atoms with E-state index in [0.717, 1.165) is 0 Å². The van der Waals surface area contributed by atoms with Crippen LogP contribution in [0.3, 0.4) is 0 Å². The average molecular weight is 294 g/mol. The van der Waals surface area contributed by atoms with E-state index in [0.29, 0.717) is 4.88 Å². The fourth-order valence-corrected chi connectivity index (χ4v) is 2.98. The molecule has 0 radical (unpaired) electrons. The molecular formula is C9H14N2O5S2. The van der Waals surface area contributed by atoms with Crippen LogP contribution in [0.15, 0.2) is 17.5 Å². The number of carboxylic acids is 1. The summed E-state index contributed by atoms with van der Waals surface area (Å²) in [6.07, 6.45) is 0. The van der Waals surface area contributed by atoms with Crippen LogP contribution in [0.2, 0.25) is 0 Å². The van der Waals surface area contributed by atoms with Gasteiger partial charge in [0.1, 0.15) is 0 Å². The van der Waals surface area contributed by atoms with E-state index in [9.17, 15) is 13.2 Å². The second kappa shape index (κ2) is 6.81. The summed E-state index contributed by atoms with van der Waals surface area (Å²) in [6, 6.07) is 1.93. The first-order valence-electron chi connectivity index (χ1n) is 4.98. The van der Waals surface area contributed by atoms with Crippen molar-refractivity contribution in [2.75, 3.05) is 20.3 Å². The van der Waals surface area contributed by atoms with Crippen molar-refractivity contribution in [1.82, 2.24) is 9.44 Å². The minimum atomic E-state index is -3.88. The molecule has 0 aliphatic carbocycles. The van der Waals surface area contributed by atoms with Gasteiger partial charge in [-0.25, -0.2) is 0 Å². The molecular weight excluding hydrogens is 280 g/mol. The molecule has 0 bridgehead atoms. The number of thiophene rings is 1. The highest BCUT2D eigenvalue weighted by Crippen LogP contribution is 2.19. The first-order valence-corrected chi connectivity index (χ1v) is 7.34. The zero-order valence-electron chi connectivity index (χ0n) is 9.62. The van der Waals surface area contributed by atoms with E-state index < -0.39 is 22.2 Å². The second-order valence-corrected chi connectivity index (χ2v) is 5.81. The van der Waals surface area contributed by atoms with Crippen molar-refractivity contribution in [1.29, 1.82) is 0 Å². The molecule has 1 heterocycles. The Bertz CT molecular complexity index is 471. The molecule has 3 N–H and O–H groups in total. The molecule has 1 aromatic heterocycles. The highest BCUT2D eigenvalue weighted by atomic mass is 32.2. The maximum atomic E-state index is 11.6. The van der Waals surface area contributed by atoms with Crippen LogP contribution >= 0.6 is 11.3 Å². The van der Waals surface area contributed by atoms with E-state index in [1.54, 1.807) is 17.5 Å². The molecule has 0 aliphatic rings. The van der Waals surface area contributed by atoms with Crippen LogP contribution in [0, 0.1) is 0 Å². The predicted octanol–water partition coefficient (Wildman–Crippen LogP) is -0.0558. The zero-order valence-corrected chi connectivity index (χ0v) is 11.3. The lowest BCUT2D eigenvalue weighted by Crippen LogP contribution is -2.42. The van der Waals surface area contributed by atoms with Gasteiger partial charge in [-0.1, -0.05) is 6.07 Å². The Morgan fingerprint density at radius 1 is 1.61 bits per heavy atom. The Kier molecular flexibility index (Phi) is 5.69. The molecule has 0 saturated heterocycles. The molecule has 0 amide bonds. The van der Waals surface area contributed by atoms with Gasteiger partial charge in [-0.3, -0.25) is 4.79 Å². The maximum Gasteiger partial charge on any atom is 0.327 e. The SMILES string of the molecule is COCCNS(=O)(=O)NC(C(=O)O)c1cccs1. The van der Waals surface area contributed by atoms with E-state index in [1.165, 1.54) is 18.4 Å². The van der Waals surface area contributed by atoms with Crippen molar-refractivity contribution < 1.29 is 23.1 Å². The van der Waals surface area contributed by atoms with E-state index >= 15 is 0 Å². The minimum Gasteiger partial charge on any atom is -0.480 e. The molecule has 0 fully saturated rings. The first-order chi connectivity index (χ1) is 8.46. The van der Waals surface area contributed by atoms with Gasteiger partial charge in [0.15, 0.2) is 6.04 Å². The van der Waals surface area contributed by atoms with Gasteiger partial charge in [0.25, 0.3) is 10.2 Å². The summed E-state index contributed by atoms with van der Waals surface area (Å²) >= 11 is 1.17. The third-order valence-corrected chi connectivity index (χ3v) is 4.01. The maximum absolute atomic E-state index is 11.6. The van der Waals surface area contributed by atoms with Crippen molar-refractivity contribution in [2.24, 2.45) is 0 Å². The fraction of sp³-hybridized carbons (Fsp3) is 0.444. The molecule has 7 nitrogen and oxygen atoms in total. The van der Waals surface area contributed by atoms with E-state index in [4.69, 9.17) is 9.84 Å². The van der Waals surface area contributed by atoms with Crippen LogP contribution in [0.25, 0.3) is 0 Å². The Morgan fingerprint density at radius 3 is 2.83 bits per heavy atom. The molecule has 0 aromatic carbocycles. The summed E-state index contributed by atoms with van der Waals surface area (Å²) in [6.45, 7) is 0.278. The summed E-state index contributed by atoms with van der Waals surface area (Å²) < 4.78 is 32.1. The zero-order chi connectivity index (χ0) is 13.6. The number of nitrogens with one attached hydrogen (secondary N) is 2. The second-order valence-electron chi connectivity index (χ2n) is 3.30. The lowest BCUT2D eigenvalue weighted by molar-refractivity contribution is -0.139. The van der Waals surface area contributed by atoms with Gasteiger partial charge in [0, 0.05) is 18.5 Å². The van der Waals surface area contributed by atoms with Crippen molar-refractivity contribution in [3.63, 3.8) is 0 Å². The summed E-state index contributed by atoms with van der Waals surface area (Å²) in [5.74, 6) is -1.26. The summed E-state index contributed by atoms with van der Waals surface area (Å²) in [4.78, 5) is 11.4. The van der Waals surface area contributed by atoms with Crippen molar-refractivity contribution in [2.45, 2.75) is 6.04 Å². The lowest BCUT2D eigenvalue weighted by Gasteiger charge is -2.13. The van der Waals surface area contributed by atoms with Gasteiger partial charge < -0.3 is 9.84 Å². The highest BCUT2D eigenvalue weighted by Gasteiger charge is 2.26. The summed E-state index contributed by atoms with van der Waals surface area (Å²) in [5, 5.41) is 10.7. The van der Waals surface area contributed by atoms with E-state index in [-0.39, 0.29) is 13.2 Å². The average Bonchev–Trinajstić information content (AvgIpc) is 2.79. The molecule has 0 aliphatic heterocycles. The van der Waals surface area contributed by atoms with Gasteiger partial charge in [0.2, 0.25) is 0 Å². The molecule has 9 heteroatoms. The molecule has 1 aromatic rings. The molecule has 0 saturated carbocycles. The summed E-state index contributed by atoms with van der Waals surface area (Å²) in [7, 11) is -2.44. The Balaban J connectivity index is 2.70. The number of ether oxygens (including phenoxy) is 1. The van der Waals surface area contributed by atoms with Gasteiger partial charge >= 0.3 is 5.97 Å². The van der Waals surface area contributed by atoms with Crippen LogP contribution in [-0.4, -0.2) is 39.8 Å². The third kappa shape index (κ3) is 4.70. The Hall–Kier alpha value is -1.000. The topological polar surface area (TPSA) is 105 Å². The number of aliphatic carboxylic acids is 1. The summed E-state index contributed by atoms with van der Waals surface area (Å²) in [5.41, 5.74) is 0. The highest BCUT2D eigenvalue weighted by molar-refractivity contribution is 7.87. The molecule has 0 spiro atoms. The van der Waals surface area contributed by atoms with Crippen LogP contribution in [-0.2, 0) is 19.7 Å². The Morgan fingerprint density at radius 2 is 2.33 bits per heavy atom. The largest absolute Gasteiger partial charge is 0.480 e. The van der Waals surface area contributed by atoms with Gasteiger partial charge in [-0.2, -0.15) is 17.9 Å². The van der Waals surface area contributed by atoms with Crippen molar-refractivity contribution in [3.8, 4) is 0 Å². The molecule has 1 rings (SSSR count). The van der Waals surface area contributed by atoms with Gasteiger partial charge in [-0.15, -0.1) is 11.3 Å². The Labute approximate surface area is 109 Å². The lowest BCUT2D eigenvalue weighted by atomic mass is 10.3. The standard InChI is InChI=1S/C9H14N2O5S2/c1-16-5-4-10-18(14,15)11-8(9(12)13)7-3-2-6-17-7/h2-3,6,8,10-11H,4-5H2,1H3,(H,12,13). The van der Waals surface area contributed by atoms with Gasteiger partial charge in [0.05, 0.1) is 6.61 Å². The molecule has 1 unspecified atom stereocenters. The van der Waals surface area contributed by atoms with Crippen LogP contribution in [0.1, 0.15) is 10.9 Å². The monoisotopic (exact) mass is 294 g/mol.